The van der Waals surface area contributed by atoms with Crippen molar-refractivity contribution >= 4 is 10.9 Å². The average Bonchev–Trinajstić information content (AvgIpc) is 2.51. The van der Waals surface area contributed by atoms with Crippen molar-refractivity contribution in [2.45, 2.75) is 6.42 Å². The normalized spacial score (nSPS) is 10.9. The van der Waals surface area contributed by atoms with Gasteiger partial charge in [-0.2, -0.15) is 0 Å². The number of hydrogen-bond acceptors (Lipinski definition) is 2. The van der Waals surface area contributed by atoms with E-state index in [2.05, 4.69) is 10.3 Å². The summed E-state index contributed by atoms with van der Waals surface area (Å²) in [6.45, 7) is 0.870. The van der Waals surface area contributed by atoms with Crippen LogP contribution in [-0.4, -0.2) is 23.7 Å². The number of rotatable bonds is 3. The number of aromatic hydroxyl groups is 1. The standard InChI is InChI=1S/C11H14N2O/c1-12-7-6-9-8-4-2-3-5-10(8)13-11(9)14/h2-5,12-14H,6-7H2,1H3. The summed E-state index contributed by atoms with van der Waals surface area (Å²) < 4.78 is 0. The molecule has 2 aromatic rings. The van der Waals surface area contributed by atoms with Gasteiger partial charge in [-0.25, -0.2) is 0 Å². The SMILES string of the molecule is CNCCc1c(O)[nH]c2ccccc12. The van der Waals surface area contributed by atoms with E-state index in [1.165, 1.54) is 0 Å². The second-order valence-corrected chi connectivity index (χ2v) is 3.35. The second kappa shape index (κ2) is 3.72. The van der Waals surface area contributed by atoms with Crippen molar-refractivity contribution < 1.29 is 5.11 Å². The summed E-state index contributed by atoms with van der Waals surface area (Å²) in [5, 5.41) is 13.9. The zero-order chi connectivity index (χ0) is 9.97. The number of aromatic amines is 1. The molecule has 2 rings (SSSR count). The van der Waals surface area contributed by atoms with E-state index in [-0.39, 0.29) is 0 Å². The van der Waals surface area contributed by atoms with Gasteiger partial charge in [0.2, 0.25) is 0 Å². The molecule has 14 heavy (non-hydrogen) atoms. The van der Waals surface area contributed by atoms with E-state index in [9.17, 15) is 5.11 Å². The molecule has 0 atom stereocenters. The van der Waals surface area contributed by atoms with Crippen molar-refractivity contribution in [1.82, 2.24) is 10.3 Å². The van der Waals surface area contributed by atoms with Crippen LogP contribution >= 0.6 is 0 Å². The van der Waals surface area contributed by atoms with Gasteiger partial charge in [0.1, 0.15) is 0 Å². The summed E-state index contributed by atoms with van der Waals surface area (Å²) in [6.07, 6.45) is 0.840. The fraction of sp³-hybridized carbons (Fsp3) is 0.273. The molecule has 0 aliphatic heterocycles. The van der Waals surface area contributed by atoms with Crippen molar-refractivity contribution in [3.63, 3.8) is 0 Å². The number of H-pyrrole nitrogens is 1. The first-order chi connectivity index (χ1) is 6.83. The summed E-state index contributed by atoms with van der Waals surface area (Å²) in [5.41, 5.74) is 1.99. The number of para-hydroxylation sites is 1. The van der Waals surface area contributed by atoms with E-state index in [0.717, 1.165) is 29.4 Å². The fourth-order valence-electron chi connectivity index (χ4n) is 1.69. The van der Waals surface area contributed by atoms with E-state index in [1.807, 2.05) is 31.3 Å². The molecule has 0 unspecified atom stereocenters. The summed E-state index contributed by atoms with van der Waals surface area (Å²) in [4.78, 5) is 2.96. The highest BCUT2D eigenvalue weighted by molar-refractivity contribution is 5.85. The quantitative estimate of drug-likeness (QED) is 0.689. The fourth-order valence-corrected chi connectivity index (χ4v) is 1.69. The Labute approximate surface area is 82.8 Å². The minimum Gasteiger partial charge on any atom is -0.494 e. The first-order valence-corrected chi connectivity index (χ1v) is 4.76. The zero-order valence-corrected chi connectivity index (χ0v) is 8.17. The molecule has 0 fully saturated rings. The number of aromatic nitrogens is 1. The highest BCUT2D eigenvalue weighted by Gasteiger charge is 2.08. The molecular weight excluding hydrogens is 176 g/mol. The van der Waals surface area contributed by atoms with E-state index < -0.39 is 0 Å². The van der Waals surface area contributed by atoms with E-state index in [1.54, 1.807) is 0 Å². The molecule has 3 nitrogen and oxygen atoms in total. The third-order valence-corrected chi connectivity index (χ3v) is 2.42. The van der Waals surface area contributed by atoms with Crippen LogP contribution in [0.5, 0.6) is 5.88 Å². The van der Waals surface area contributed by atoms with Crippen LogP contribution in [0.1, 0.15) is 5.56 Å². The van der Waals surface area contributed by atoms with Crippen molar-refractivity contribution in [1.29, 1.82) is 0 Å². The summed E-state index contributed by atoms with van der Waals surface area (Å²) in [5.74, 6) is 0.293. The average molecular weight is 190 g/mol. The number of nitrogens with one attached hydrogen (secondary N) is 2. The van der Waals surface area contributed by atoms with Crippen molar-refractivity contribution in [2.24, 2.45) is 0 Å². The molecule has 1 aromatic carbocycles. The molecule has 0 amide bonds. The zero-order valence-electron chi connectivity index (χ0n) is 8.17. The molecule has 0 aliphatic carbocycles. The van der Waals surface area contributed by atoms with Gasteiger partial charge in [0, 0.05) is 16.5 Å². The molecule has 0 saturated heterocycles. The van der Waals surface area contributed by atoms with Crippen molar-refractivity contribution in [3.05, 3.63) is 29.8 Å². The molecule has 3 heteroatoms. The lowest BCUT2D eigenvalue weighted by Gasteiger charge is -1.98. The maximum absolute atomic E-state index is 9.68. The van der Waals surface area contributed by atoms with Crippen LogP contribution in [0.15, 0.2) is 24.3 Å². The number of hydrogen-bond donors (Lipinski definition) is 3. The molecule has 0 saturated carbocycles. The van der Waals surface area contributed by atoms with E-state index in [4.69, 9.17) is 0 Å². The Morgan fingerprint density at radius 2 is 2.14 bits per heavy atom. The van der Waals surface area contributed by atoms with E-state index in [0.29, 0.717) is 5.88 Å². The Kier molecular flexibility index (Phi) is 2.41. The predicted octanol–water partition coefficient (Wildman–Crippen LogP) is 1.64. The molecule has 1 aromatic heterocycles. The number of likely N-dealkylation sites (N-methyl/N-ethyl adjacent to an activating group) is 1. The Morgan fingerprint density at radius 1 is 1.36 bits per heavy atom. The minimum atomic E-state index is 0.293. The monoisotopic (exact) mass is 190 g/mol. The Bertz CT molecular complexity index is 434. The third kappa shape index (κ3) is 1.46. The van der Waals surface area contributed by atoms with Gasteiger partial charge in [0.05, 0.1) is 0 Å². The first kappa shape index (κ1) is 9.09. The maximum Gasteiger partial charge on any atom is 0.192 e. The predicted molar refractivity (Wildman–Crippen MR) is 57.6 cm³/mol. The van der Waals surface area contributed by atoms with Gasteiger partial charge in [-0.1, -0.05) is 18.2 Å². The summed E-state index contributed by atoms with van der Waals surface area (Å²) in [6, 6.07) is 7.94. The van der Waals surface area contributed by atoms with Gasteiger partial charge in [-0.3, -0.25) is 0 Å². The van der Waals surface area contributed by atoms with Crippen LogP contribution in [0, 0.1) is 0 Å². The third-order valence-electron chi connectivity index (χ3n) is 2.42. The van der Waals surface area contributed by atoms with Gasteiger partial charge in [-0.15, -0.1) is 0 Å². The Balaban J connectivity index is 2.45. The van der Waals surface area contributed by atoms with Gasteiger partial charge in [0.15, 0.2) is 5.88 Å². The van der Waals surface area contributed by atoms with Crippen LogP contribution in [0.3, 0.4) is 0 Å². The molecule has 1 heterocycles. The van der Waals surface area contributed by atoms with Crippen LogP contribution in [0.25, 0.3) is 10.9 Å². The van der Waals surface area contributed by atoms with Gasteiger partial charge < -0.3 is 15.4 Å². The molecule has 74 valence electrons. The summed E-state index contributed by atoms with van der Waals surface area (Å²) >= 11 is 0. The second-order valence-electron chi connectivity index (χ2n) is 3.35. The number of benzene rings is 1. The smallest absolute Gasteiger partial charge is 0.192 e. The van der Waals surface area contributed by atoms with Crippen LogP contribution in [-0.2, 0) is 6.42 Å². The number of fused-ring (bicyclic) bond motifs is 1. The lowest BCUT2D eigenvalue weighted by molar-refractivity contribution is 0.451. The molecule has 3 N–H and O–H groups in total. The largest absolute Gasteiger partial charge is 0.494 e. The van der Waals surface area contributed by atoms with Gasteiger partial charge >= 0.3 is 0 Å². The molecule has 0 aliphatic rings. The van der Waals surface area contributed by atoms with Crippen LogP contribution in [0.2, 0.25) is 0 Å². The summed E-state index contributed by atoms with van der Waals surface area (Å²) in [7, 11) is 1.91. The first-order valence-electron chi connectivity index (χ1n) is 4.76. The lowest BCUT2D eigenvalue weighted by atomic mass is 10.1. The highest BCUT2D eigenvalue weighted by atomic mass is 16.3. The molecule has 0 spiro atoms. The Morgan fingerprint density at radius 3 is 2.93 bits per heavy atom. The molecular formula is C11H14N2O. The van der Waals surface area contributed by atoms with Crippen LogP contribution < -0.4 is 5.32 Å². The van der Waals surface area contributed by atoms with Crippen molar-refractivity contribution in [3.8, 4) is 5.88 Å². The van der Waals surface area contributed by atoms with E-state index >= 15 is 0 Å². The lowest BCUT2D eigenvalue weighted by Crippen LogP contribution is -2.10. The molecule has 0 radical (unpaired) electrons. The Hall–Kier alpha value is -1.48. The topological polar surface area (TPSA) is 48.0 Å². The van der Waals surface area contributed by atoms with Gasteiger partial charge in [-0.05, 0) is 26.1 Å². The highest BCUT2D eigenvalue weighted by Crippen LogP contribution is 2.26. The van der Waals surface area contributed by atoms with Crippen molar-refractivity contribution in [2.75, 3.05) is 13.6 Å². The maximum atomic E-state index is 9.68. The molecule has 0 bridgehead atoms. The van der Waals surface area contributed by atoms with Gasteiger partial charge in [0.25, 0.3) is 0 Å². The van der Waals surface area contributed by atoms with Crippen LogP contribution in [0.4, 0.5) is 0 Å². The minimum absolute atomic E-state index is 0.293.